The van der Waals surface area contributed by atoms with Gasteiger partial charge in [-0.15, -0.1) is 0 Å². The molecule has 1 fully saturated rings. The summed E-state index contributed by atoms with van der Waals surface area (Å²) in [6.45, 7) is 8.91. The Balaban J connectivity index is 1.63. The molecular formula is C17H26ClNO. The Morgan fingerprint density at radius 1 is 1.35 bits per heavy atom. The number of ether oxygens (including phenoxy) is 1. The van der Waals surface area contributed by atoms with Crippen LogP contribution in [-0.4, -0.2) is 31.1 Å². The SMILES string of the molecule is Cc1ccc(Cl)c(OCCCCN2CCC[C@@H](C)C2)c1. The lowest BCUT2D eigenvalue weighted by Crippen LogP contribution is -2.35. The van der Waals surface area contributed by atoms with Crippen LogP contribution in [0, 0.1) is 12.8 Å². The molecule has 1 aromatic rings. The van der Waals surface area contributed by atoms with Crippen LogP contribution < -0.4 is 4.74 Å². The molecule has 20 heavy (non-hydrogen) atoms. The van der Waals surface area contributed by atoms with E-state index in [2.05, 4.69) is 18.7 Å². The molecule has 0 aromatic heterocycles. The minimum atomic E-state index is 0.709. The van der Waals surface area contributed by atoms with E-state index in [1.165, 1.54) is 44.5 Å². The number of hydrogen-bond acceptors (Lipinski definition) is 2. The standard InChI is InChI=1S/C17H26ClNO/c1-14-7-8-16(18)17(12-14)20-11-4-3-9-19-10-5-6-15(2)13-19/h7-8,12,15H,3-6,9-11,13H2,1-2H3/t15-/m1/s1. The monoisotopic (exact) mass is 295 g/mol. The number of piperidine rings is 1. The first-order valence-corrected chi connectivity index (χ1v) is 8.14. The maximum Gasteiger partial charge on any atom is 0.138 e. The number of likely N-dealkylation sites (tertiary alicyclic amines) is 1. The summed E-state index contributed by atoms with van der Waals surface area (Å²) >= 11 is 6.11. The lowest BCUT2D eigenvalue weighted by molar-refractivity contribution is 0.177. The molecule has 3 heteroatoms. The Labute approximate surface area is 128 Å². The predicted octanol–water partition coefficient (Wildman–Crippen LogP) is 4.54. The summed E-state index contributed by atoms with van der Waals surface area (Å²) in [7, 11) is 0. The molecule has 1 aromatic carbocycles. The van der Waals surface area contributed by atoms with Crippen LogP contribution in [0.3, 0.4) is 0 Å². The summed E-state index contributed by atoms with van der Waals surface area (Å²) in [5, 5.41) is 0.709. The Kier molecular flexibility index (Phi) is 6.18. The maximum absolute atomic E-state index is 6.11. The van der Waals surface area contributed by atoms with Crippen molar-refractivity contribution in [1.29, 1.82) is 0 Å². The Hall–Kier alpha value is -0.730. The zero-order valence-corrected chi connectivity index (χ0v) is 13.5. The van der Waals surface area contributed by atoms with Crippen molar-refractivity contribution in [3.8, 4) is 5.75 Å². The van der Waals surface area contributed by atoms with Gasteiger partial charge in [0.2, 0.25) is 0 Å². The molecule has 0 radical (unpaired) electrons. The Bertz CT molecular complexity index is 421. The van der Waals surface area contributed by atoms with Crippen molar-refractivity contribution in [2.75, 3.05) is 26.2 Å². The summed E-state index contributed by atoms with van der Waals surface area (Å²) in [6, 6.07) is 5.92. The molecule has 0 unspecified atom stereocenters. The highest BCUT2D eigenvalue weighted by atomic mass is 35.5. The molecule has 2 nitrogen and oxygen atoms in total. The summed E-state index contributed by atoms with van der Waals surface area (Å²) in [4.78, 5) is 2.59. The van der Waals surface area contributed by atoms with Crippen LogP contribution in [0.15, 0.2) is 18.2 Å². The number of unbranched alkanes of at least 4 members (excludes halogenated alkanes) is 1. The fraction of sp³-hybridized carbons (Fsp3) is 0.647. The van der Waals surface area contributed by atoms with E-state index >= 15 is 0 Å². The van der Waals surface area contributed by atoms with E-state index in [1.54, 1.807) is 0 Å². The third-order valence-electron chi connectivity index (χ3n) is 3.95. The van der Waals surface area contributed by atoms with Crippen molar-refractivity contribution >= 4 is 11.6 Å². The van der Waals surface area contributed by atoms with E-state index in [-0.39, 0.29) is 0 Å². The van der Waals surface area contributed by atoms with Crippen molar-refractivity contribution in [3.63, 3.8) is 0 Å². The third kappa shape index (κ3) is 4.99. The van der Waals surface area contributed by atoms with Gasteiger partial charge in [-0.3, -0.25) is 0 Å². The van der Waals surface area contributed by atoms with Gasteiger partial charge >= 0.3 is 0 Å². The van der Waals surface area contributed by atoms with Gasteiger partial charge in [0.25, 0.3) is 0 Å². The van der Waals surface area contributed by atoms with Crippen molar-refractivity contribution in [1.82, 2.24) is 4.90 Å². The highest BCUT2D eigenvalue weighted by Gasteiger charge is 2.15. The quantitative estimate of drug-likeness (QED) is 0.715. The summed E-state index contributed by atoms with van der Waals surface area (Å²) in [5.41, 5.74) is 1.19. The second kappa shape index (κ2) is 7.90. The average Bonchev–Trinajstić information content (AvgIpc) is 2.42. The molecule has 1 aliphatic heterocycles. The lowest BCUT2D eigenvalue weighted by atomic mass is 10.0. The van der Waals surface area contributed by atoms with Gasteiger partial charge < -0.3 is 9.64 Å². The molecule has 1 saturated heterocycles. The van der Waals surface area contributed by atoms with E-state index < -0.39 is 0 Å². The zero-order chi connectivity index (χ0) is 14.4. The van der Waals surface area contributed by atoms with Crippen molar-refractivity contribution in [2.45, 2.75) is 39.5 Å². The smallest absolute Gasteiger partial charge is 0.138 e. The highest BCUT2D eigenvalue weighted by molar-refractivity contribution is 6.32. The topological polar surface area (TPSA) is 12.5 Å². The van der Waals surface area contributed by atoms with E-state index in [9.17, 15) is 0 Å². The molecule has 1 atom stereocenters. The van der Waals surface area contributed by atoms with Crippen LogP contribution in [0.5, 0.6) is 5.75 Å². The summed E-state index contributed by atoms with van der Waals surface area (Å²) < 4.78 is 5.78. The molecule has 0 amide bonds. The van der Waals surface area contributed by atoms with Gasteiger partial charge in [-0.05, 0) is 69.3 Å². The Morgan fingerprint density at radius 3 is 3.00 bits per heavy atom. The van der Waals surface area contributed by atoms with Crippen molar-refractivity contribution in [3.05, 3.63) is 28.8 Å². The fourth-order valence-corrected chi connectivity index (χ4v) is 3.00. The van der Waals surface area contributed by atoms with Gasteiger partial charge in [0.15, 0.2) is 0 Å². The second-order valence-electron chi connectivity index (χ2n) is 6.04. The molecule has 112 valence electrons. The molecule has 1 aliphatic rings. The van der Waals surface area contributed by atoms with Crippen molar-refractivity contribution < 1.29 is 4.74 Å². The van der Waals surface area contributed by atoms with Gasteiger partial charge in [0.05, 0.1) is 11.6 Å². The predicted molar refractivity (Wildman–Crippen MR) is 85.8 cm³/mol. The van der Waals surface area contributed by atoms with Crippen LogP contribution in [0.4, 0.5) is 0 Å². The van der Waals surface area contributed by atoms with E-state index in [0.29, 0.717) is 5.02 Å². The first kappa shape index (κ1) is 15.7. The minimum Gasteiger partial charge on any atom is -0.492 e. The highest BCUT2D eigenvalue weighted by Crippen LogP contribution is 2.25. The largest absolute Gasteiger partial charge is 0.492 e. The van der Waals surface area contributed by atoms with Crippen LogP contribution in [0.25, 0.3) is 0 Å². The maximum atomic E-state index is 6.11. The number of nitrogens with zero attached hydrogens (tertiary/aromatic N) is 1. The first-order valence-electron chi connectivity index (χ1n) is 7.76. The number of benzene rings is 1. The fourth-order valence-electron chi connectivity index (χ4n) is 2.83. The van der Waals surface area contributed by atoms with Gasteiger partial charge in [-0.2, -0.15) is 0 Å². The molecule has 0 saturated carbocycles. The molecule has 0 aliphatic carbocycles. The average molecular weight is 296 g/mol. The van der Waals surface area contributed by atoms with Gasteiger partial charge in [-0.1, -0.05) is 24.6 Å². The molecule has 2 rings (SSSR count). The van der Waals surface area contributed by atoms with Crippen LogP contribution >= 0.6 is 11.6 Å². The minimum absolute atomic E-state index is 0.709. The molecule has 0 spiro atoms. The number of rotatable bonds is 6. The van der Waals surface area contributed by atoms with E-state index in [1.807, 2.05) is 18.2 Å². The van der Waals surface area contributed by atoms with E-state index in [0.717, 1.165) is 24.7 Å². The molecular weight excluding hydrogens is 270 g/mol. The second-order valence-corrected chi connectivity index (χ2v) is 6.44. The van der Waals surface area contributed by atoms with Crippen LogP contribution in [0.2, 0.25) is 5.02 Å². The van der Waals surface area contributed by atoms with Gasteiger partial charge in [0, 0.05) is 6.54 Å². The lowest BCUT2D eigenvalue weighted by Gasteiger charge is -2.30. The number of aryl methyl sites for hydroxylation is 1. The first-order chi connectivity index (χ1) is 9.65. The Morgan fingerprint density at radius 2 is 2.20 bits per heavy atom. The van der Waals surface area contributed by atoms with E-state index in [4.69, 9.17) is 16.3 Å². The molecule has 0 bridgehead atoms. The third-order valence-corrected chi connectivity index (χ3v) is 4.27. The van der Waals surface area contributed by atoms with Crippen LogP contribution in [-0.2, 0) is 0 Å². The van der Waals surface area contributed by atoms with Crippen LogP contribution in [0.1, 0.15) is 38.2 Å². The van der Waals surface area contributed by atoms with Gasteiger partial charge in [0.1, 0.15) is 5.75 Å². The van der Waals surface area contributed by atoms with Gasteiger partial charge in [-0.25, -0.2) is 0 Å². The zero-order valence-electron chi connectivity index (χ0n) is 12.7. The number of halogens is 1. The molecule has 0 N–H and O–H groups in total. The number of hydrogen-bond donors (Lipinski definition) is 0. The molecule has 1 heterocycles. The van der Waals surface area contributed by atoms with Crippen molar-refractivity contribution in [2.24, 2.45) is 5.92 Å². The normalized spacial score (nSPS) is 20.1. The summed E-state index contributed by atoms with van der Waals surface area (Å²) in [6.07, 6.45) is 5.05. The summed E-state index contributed by atoms with van der Waals surface area (Å²) in [5.74, 6) is 1.68.